The lowest BCUT2D eigenvalue weighted by molar-refractivity contribution is 0.464. The molecule has 0 aliphatic carbocycles. The highest BCUT2D eigenvalue weighted by Gasteiger charge is 2.24. The average molecular weight is 344 g/mol. The molecular weight excluding hydrogens is 324 g/mol. The lowest BCUT2D eigenvalue weighted by Gasteiger charge is -2.32. The van der Waals surface area contributed by atoms with Crippen LogP contribution in [0, 0.1) is 0 Å². The summed E-state index contributed by atoms with van der Waals surface area (Å²) in [5.41, 5.74) is 0.853. The molecule has 1 atom stereocenters. The van der Waals surface area contributed by atoms with Gasteiger partial charge in [-0.15, -0.1) is 0 Å². The molecule has 24 heavy (non-hydrogen) atoms. The summed E-state index contributed by atoms with van der Waals surface area (Å²) in [7, 11) is -3.48. The van der Waals surface area contributed by atoms with Crippen molar-refractivity contribution in [2.45, 2.75) is 18.9 Å². The molecule has 1 aliphatic heterocycles. The Morgan fingerprint density at radius 1 is 1.12 bits per heavy atom. The fourth-order valence-electron chi connectivity index (χ4n) is 2.71. The number of nitrogens with zero attached hydrogens (tertiary/aromatic N) is 3. The van der Waals surface area contributed by atoms with Gasteiger partial charge in [-0.05, 0) is 30.5 Å². The summed E-state index contributed by atoms with van der Waals surface area (Å²) in [6.07, 6.45) is 6.69. The summed E-state index contributed by atoms with van der Waals surface area (Å²) >= 11 is 0. The Hall–Kier alpha value is -2.25. The van der Waals surface area contributed by atoms with Gasteiger partial charge in [-0.1, -0.05) is 30.3 Å². The first-order valence-electron chi connectivity index (χ1n) is 7.90. The number of rotatable bonds is 5. The average Bonchev–Trinajstić information content (AvgIpc) is 2.62. The van der Waals surface area contributed by atoms with Crippen LogP contribution in [0.2, 0.25) is 0 Å². The zero-order valence-corrected chi connectivity index (χ0v) is 14.1. The van der Waals surface area contributed by atoms with Gasteiger partial charge in [0, 0.05) is 36.9 Å². The highest BCUT2D eigenvalue weighted by molar-refractivity contribution is 7.92. The third-order valence-corrected chi connectivity index (χ3v) is 4.98. The predicted molar refractivity (Wildman–Crippen MR) is 94.8 cm³/mol. The van der Waals surface area contributed by atoms with Crippen molar-refractivity contribution in [3.63, 3.8) is 0 Å². The first-order chi connectivity index (χ1) is 11.6. The monoisotopic (exact) mass is 344 g/mol. The second-order valence-electron chi connectivity index (χ2n) is 5.71. The number of aromatic nitrogens is 2. The minimum atomic E-state index is -3.48. The van der Waals surface area contributed by atoms with E-state index in [2.05, 4.69) is 14.7 Å². The van der Waals surface area contributed by atoms with Crippen LogP contribution in [0.1, 0.15) is 18.4 Å². The number of hydrogen-bond donors (Lipinski definition) is 1. The minimum Gasteiger partial charge on any atom is -0.339 e. The van der Waals surface area contributed by atoms with Gasteiger partial charge in [0.15, 0.2) is 0 Å². The quantitative estimate of drug-likeness (QED) is 0.898. The number of benzene rings is 1. The molecule has 1 aromatic heterocycles. The van der Waals surface area contributed by atoms with E-state index in [0.717, 1.165) is 24.9 Å². The van der Waals surface area contributed by atoms with E-state index >= 15 is 0 Å². The maximum Gasteiger partial charge on any atom is 0.234 e. The van der Waals surface area contributed by atoms with Gasteiger partial charge in [-0.25, -0.2) is 23.1 Å². The van der Waals surface area contributed by atoms with Crippen molar-refractivity contribution < 1.29 is 8.42 Å². The van der Waals surface area contributed by atoms with Gasteiger partial charge in [0.05, 0.1) is 0 Å². The number of hydrogen-bond acceptors (Lipinski definition) is 5. The van der Waals surface area contributed by atoms with Crippen molar-refractivity contribution in [2.24, 2.45) is 0 Å². The first kappa shape index (κ1) is 16.6. The molecule has 3 rings (SSSR count). The maximum atomic E-state index is 12.3. The van der Waals surface area contributed by atoms with Crippen molar-refractivity contribution in [3.05, 3.63) is 59.8 Å². The molecule has 1 saturated heterocycles. The van der Waals surface area contributed by atoms with E-state index in [9.17, 15) is 8.42 Å². The van der Waals surface area contributed by atoms with E-state index in [0.29, 0.717) is 12.5 Å². The van der Waals surface area contributed by atoms with Gasteiger partial charge in [0.1, 0.15) is 0 Å². The maximum absolute atomic E-state index is 12.3. The lowest BCUT2D eigenvalue weighted by Crippen LogP contribution is -2.47. The van der Waals surface area contributed by atoms with Crippen LogP contribution in [0.15, 0.2) is 54.2 Å². The van der Waals surface area contributed by atoms with Crippen LogP contribution in [0.4, 0.5) is 5.95 Å². The molecule has 126 valence electrons. The summed E-state index contributed by atoms with van der Waals surface area (Å²) in [4.78, 5) is 10.5. The molecule has 6 nitrogen and oxygen atoms in total. The summed E-state index contributed by atoms with van der Waals surface area (Å²) < 4.78 is 27.3. The van der Waals surface area contributed by atoms with Crippen molar-refractivity contribution in [3.8, 4) is 0 Å². The fraction of sp³-hybridized carbons (Fsp3) is 0.294. The molecule has 0 unspecified atom stereocenters. The largest absolute Gasteiger partial charge is 0.339 e. The smallest absolute Gasteiger partial charge is 0.234 e. The second-order valence-corrected chi connectivity index (χ2v) is 7.31. The van der Waals surface area contributed by atoms with Crippen molar-refractivity contribution in [2.75, 3.05) is 18.0 Å². The number of anilines is 1. The van der Waals surface area contributed by atoms with E-state index < -0.39 is 10.0 Å². The van der Waals surface area contributed by atoms with E-state index in [1.807, 2.05) is 35.2 Å². The molecule has 0 amide bonds. The SMILES string of the molecule is O=S(=O)(/C=C\c1ccccc1)N[C@H]1CCCN(c2ncccn2)C1. The molecule has 1 N–H and O–H groups in total. The van der Waals surface area contributed by atoms with Gasteiger partial charge in [0.2, 0.25) is 16.0 Å². The molecule has 0 bridgehead atoms. The highest BCUT2D eigenvalue weighted by Crippen LogP contribution is 2.16. The predicted octanol–water partition coefficient (Wildman–Crippen LogP) is 2.04. The number of nitrogens with one attached hydrogen (secondary N) is 1. The molecule has 7 heteroatoms. The number of sulfonamides is 1. The summed E-state index contributed by atoms with van der Waals surface area (Å²) in [6.45, 7) is 1.41. The zero-order chi connectivity index (χ0) is 16.8. The van der Waals surface area contributed by atoms with Crippen LogP contribution in [-0.2, 0) is 10.0 Å². The molecule has 1 aromatic carbocycles. The van der Waals surface area contributed by atoms with E-state index in [1.165, 1.54) is 5.41 Å². The summed E-state index contributed by atoms with van der Waals surface area (Å²) in [6, 6.07) is 11.0. The van der Waals surface area contributed by atoms with Crippen LogP contribution < -0.4 is 9.62 Å². The third-order valence-electron chi connectivity index (χ3n) is 3.83. The molecule has 2 heterocycles. The Bertz CT molecular complexity index is 779. The Morgan fingerprint density at radius 3 is 2.62 bits per heavy atom. The molecule has 0 saturated carbocycles. The molecule has 0 radical (unpaired) electrons. The van der Waals surface area contributed by atoms with Crippen LogP contribution in [-0.4, -0.2) is 37.5 Å². The molecule has 1 aliphatic rings. The Morgan fingerprint density at radius 2 is 1.88 bits per heavy atom. The summed E-state index contributed by atoms with van der Waals surface area (Å²) in [5, 5.41) is 1.22. The van der Waals surface area contributed by atoms with Crippen molar-refractivity contribution in [1.29, 1.82) is 0 Å². The van der Waals surface area contributed by atoms with Crippen LogP contribution in [0.5, 0.6) is 0 Å². The highest BCUT2D eigenvalue weighted by atomic mass is 32.2. The molecule has 2 aromatic rings. The van der Waals surface area contributed by atoms with E-state index in [4.69, 9.17) is 0 Å². The topological polar surface area (TPSA) is 75.2 Å². The van der Waals surface area contributed by atoms with Crippen LogP contribution >= 0.6 is 0 Å². The second kappa shape index (κ2) is 7.55. The van der Waals surface area contributed by atoms with Gasteiger partial charge in [0.25, 0.3) is 0 Å². The summed E-state index contributed by atoms with van der Waals surface area (Å²) in [5.74, 6) is 0.640. The minimum absolute atomic E-state index is 0.145. The fourth-order valence-corrected chi connectivity index (χ4v) is 3.79. The molecular formula is C17H20N4O2S. The third kappa shape index (κ3) is 4.62. The van der Waals surface area contributed by atoms with Crippen molar-refractivity contribution >= 4 is 22.0 Å². The Balaban J connectivity index is 1.63. The number of piperidine rings is 1. The van der Waals surface area contributed by atoms with Crippen molar-refractivity contribution in [1.82, 2.24) is 14.7 Å². The van der Waals surface area contributed by atoms with Gasteiger partial charge in [-0.3, -0.25) is 0 Å². The van der Waals surface area contributed by atoms with E-state index in [-0.39, 0.29) is 6.04 Å². The van der Waals surface area contributed by atoms with Crippen LogP contribution in [0.25, 0.3) is 6.08 Å². The van der Waals surface area contributed by atoms with E-state index in [1.54, 1.807) is 24.5 Å². The normalized spacial score (nSPS) is 18.8. The molecule has 0 spiro atoms. The Labute approximate surface area is 142 Å². The standard InChI is InChI=1S/C17H20N4O2S/c22-24(23,13-9-15-6-2-1-3-7-15)20-16-8-4-12-21(14-16)17-18-10-5-11-19-17/h1-3,5-7,9-11,13,16,20H,4,8,12,14H2/b13-9-/t16-/m0/s1. The van der Waals surface area contributed by atoms with Gasteiger partial charge < -0.3 is 4.90 Å². The molecule has 1 fully saturated rings. The van der Waals surface area contributed by atoms with Gasteiger partial charge >= 0.3 is 0 Å². The van der Waals surface area contributed by atoms with Crippen LogP contribution in [0.3, 0.4) is 0 Å². The van der Waals surface area contributed by atoms with Gasteiger partial charge in [-0.2, -0.15) is 0 Å². The first-order valence-corrected chi connectivity index (χ1v) is 9.44. The lowest BCUT2D eigenvalue weighted by atomic mass is 10.1. The Kier molecular flexibility index (Phi) is 5.22. The zero-order valence-electron chi connectivity index (χ0n) is 13.2.